The molecule has 25 heavy (non-hydrogen) atoms. The van der Waals surface area contributed by atoms with Crippen molar-refractivity contribution < 1.29 is 13.9 Å². The molecule has 5 nitrogen and oxygen atoms in total. The van der Waals surface area contributed by atoms with Crippen LogP contribution in [-0.4, -0.2) is 28.6 Å². The molecule has 1 aliphatic rings. The van der Waals surface area contributed by atoms with Gasteiger partial charge in [-0.05, 0) is 59.6 Å². The van der Waals surface area contributed by atoms with E-state index in [0.717, 1.165) is 35.9 Å². The molecular formula is C18H15F2N3O2. The molecule has 0 unspecified atom stereocenters. The Bertz CT molecular complexity index is 1010. The highest BCUT2D eigenvalue weighted by atomic mass is 19.1. The van der Waals surface area contributed by atoms with Crippen molar-refractivity contribution in [1.29, 1.82) is 0 Å². The quantitative estimate of drug-likeness (QED) is 0.685. The minimum absolute atomic E-state index is 0.121. The first-order chi connectivity index (χ1) is 12.0. The number of rotatable bonds is 2. The molecule has 0 amide bonds. The number of hydrogen-bond donors (Lipinski definition) is 2. The number of aromatic hydroxyl groups is 1. The van der Waals surface area contributed by atoms with E-state index >= 15 is 0 Å². The van der Waals surface area contributed by atoms with Crippen LogP contribution in [0.1, 0.15) is 11.1 Å². The summed E-state index contributed by atoms with van der Waals surface area (Å²) in [7, 11) is 1.95. The second-order valence-corrected chi connectivity index (χ2v) is 6.33. The molecule has 0 saturated carbocycles. The molecule has 7 heteroatoms. The molecule has 2 aromatic carbocycles. The van der Waals surface area contributed by atoms with Crippen LogP contribution in [-0.2, 0) is 13.0 Å². The van der Waals surface area contributed by atoms with Crippen molar-refractivity contribution in [3.63, 3.8) is 0 Å². The fourth-order valence-corrected chi connectivity index (χ4v) is 3.56. The lowest BCUT2D eigenvalue weighted by molar-refractivity contribution is 0.314. The second-order valence-electron chi connectivity index (χ2n) is 6.33. The molecule has 1 aliphatic heterocycles. The van der Waals surface area contributed by atoms with Gasteiger partial charge in [-0.2, -0.15) is 0 Å². The number of nitrogens with zero attached hydrogens (tertiary/aromatic N) is 2. The van der Waals surface area contributed by atoms with Crippen molar-refractivity contribution in [1.82, 2.24) is 9.88 Å². The minimum atomic E-state index is -0.540. The smallest absolute Gasteiger partial charge is 0.219 e. The molecule has 0 radical (unpaired) electrons. The number of benzene rings is 2. The number of fused-ring (bicyclic) bond motifs is 3. The van der Waals surface area contributed by atoms with Gasteiger partial charge in [-0.25, -0.2) is 8.78 Å². The van der Waals surface area contributed by atoms with Gasteiger partial charge in [-0.1, -0.05) is 0 Å². The summed E-state index contributed by atoms with van der Waals surface area (Å²) in [5.74, 6) is -1.40. The number of aromatic nitrogens is 1. The molecule has 0 fully saturated rings. The third-order valence-corrected chi connectivity index (χ3v) is 4.75. The second kappa shape index (κ2) is 5.63. The van der Waals surface area contributed by atoms with E-state index in [1.807, 2.05) is 7.05 Å². The van der Waals surface area contributed by atoms with Gasteiger partial charge in [-0.3, -0.25) is 0 Å². The van der Waals surface area contributed by atoms with E-state index in [1.165, 1.54) is 0 Å². The summed E-state index contributed by atoms with van der Waals surface area (Å²) in [5, 5.41) is 13.3. The van der Waals surface area contributed by atoms with Gasteiger partial charge in [0.15, 0.2) is 5.69 Å². The third-order valence-electron chi connectivity index (χ3n) is 4.75. The first-order valence-electron chi connectivity index (χ1n) is 7.86. The summed E-state index contributed by atoms with van der Waals surface area (Å²) in [6, 6.07) is 4.90. The number of aromatic amines is 1. The van der Waals surface area contributed by atoms with E-state index in [-0.39, 0.29) is 17.1 Å². The zero-order chi connectivity index (χ0) is 17.7. The molecule has 0 aliphatic carbocycles. The summed E-state index contributed by atoms with van der Waals surface area (Å²) in [6.07, 6.45) is 0.649. The largest absolute Gasteiger partial charge is 0.493 e. The maximum absolute atomic E-state index is 14.4. The normalized spacial score (nSPS) is 14.7. The molecule has 0 bridgehead atoms. The Hall–Kier alpha value is -2.80. The van der Waals surface area contributed by atoms with E-state index in [9.17, 15) is 18.8 Å². The van der Waals surface area contributed by atoms with E-state index in [2.05, 4.69) is 15.1 Å². The van der Waals surface area contributed by atoms with Crippen LogP contribution in [0.15, 0.2) is 29.4 Å². The molecular weight excluding hydrogens is 328 g/mol. The van der Waals surface area contributed by atoms with Gasteiger partial charge >= 0.3 is 0 Å². The Kier molecular flexibility index (Phi) is 3.54. The van der Waals surface area contributed by atoms with Gasteiger partial charge in [0.2, 0.25) is 5.88 Å². The zero-order valence-electron chi connectivity index (χ0n) is 13.4. The van der Waals surface area contributed by atoms with Gasteiger partial charge < -0.3 is 15.0 Å². The van der Waals surface area contributed by atoms with Crippen LogP contribution < -0.4 is 0 Å². The highest BCUT2D eigenvalue weighted by Crippen LogP contribution is 2.43. The van der Waals surface area contributed by atoms with E-state index in [4.69, 9.17) is 0 Å². The Labute approximate surface area is 141 Å². The molecule has 0 atom stereocenters. The molecule has 0 spiro atoms. The van der Waals surface area contributed by atoms with Crippen LogP contribution in [0.3, 0.4) is 0 Å². The van der Waals surface area contributed by atoms with Crippen molar-refractivity contribution in [3.05, 3.63) is 51.9 Å². The number of hydrogen-bond acceptors (Lipinski definition) is 4. The Morgan fingerprint density at radius 2 is 2.00 bits per heavy atom. The monoisotopic (exact) mass is 343 g/mol. The number of nitroso groups, excluding NO2 is 1. The molecule has 2 N–H and O–H groups in total. The minimum Gasteiger partial charge on any atom is -0.493 e. The molecule has 4 rings (SSSR count). The van der Waals surface area contributed by atoms with Crippen molar-refractivity contribution in [2.45, 2.75) is 13.0 Å². The van der Waals surface area contributed by atoms with E-state index in [1.54, 1.807) is 6.07 Å². The summed E-state index contributed by atoms with van der Waals surface area (Å²) in [6.45, 7) is 1.34. The summed E-state index contributed by atoms with van der Waals surface area (Å²) in [4.78, 5) is 16.0. The van der Waals surface area contributed by atoms with E-state index in [0.29, 0.717) is 29.4 Å². The molecule has 1 aromatic heterocycles. The van der Waals surface area contributed by atoms with Crippen LogP contribution in [0, 0.1) is 16.5 Å². The maximum Gasteiger partial charge on any atom is 0.219 e. The van der Waals surface area contributed by atoms with Crippen LogP contribution in [0.5, 0.6) is 5.88 Å². The summed E-state index contributed by atoms with van der Waals surface area (Å²) >= 11 is 0. The molecule has 3 aromatic rings. The number of H-pyrrole nitrogens is 1. The first-order valence-corrected chi connectivity index (χ1v) is 7.86. The van der Waals surface area contributed by atoms with Crippen molar-refractivity contribution in [3.8, 4) is 17.0 Å². The predicted octanol–water partition coefficient (Wildman–Crippen LogP) is 4.20. The van der Waals surface area contributed by atoms with Crippen molar-refractivity contribution in [2.24, 2.45) is 5.18 Å². The molecule has 2 heterocycles. The summed E-state index contributed by atoms with van der Waals surface area (Å²) in [5.41, 5.74) is 2.89. The maximum atomic E-state index is 14.4. The number of nitrogens with one attached hydrogen (secondary N) is 1. The van der Waals surface area contributed by atoms with Gasteiger partial charge in [-0.15, -0.1) is 4.91 Å². The lowest BCUT2D eigenvalue weighted by Gasteiger charge is -2.27. The fourth-order valence-electron chi connectivity index (χ4n) is 3.56. The lowest BCUT2D eigenvalue weighted by atomic mass is 9.88. The van der Waals surface area contributed by atoms with Gasteiger partial charge in [0.1, 0.15) is 11.6 Å². The van der Waals surface area contributed by atoms with Crippen LogP contribution in [0.25, 0.3) is 22.0 Å². The first kappa shape index (κ1) is 15.7. The average Bonchev–Trinajstić information content (AvgIpc) is 2.91. The standard InChI is InChI=1S/C18H15F2N3O2/c1-23-5-4-10-11(12-6-9(19)2-3-15(12)20)7-13-16(14(10)8-23)21-18(24)17(13)22-25/h2-3,6-7,21,24H,4-5,8H2,1H3. The SMILES string of the molecule is CN1CCc2c(-c3cc(F)ccc3F)cc3c(N=O)c(O)[nH]c3c2C1. The van der Waals surface area contributed by atoms with Crippen molar-refractivity contribution in [2.75, 3.05) is 13.6 Å². The molecule has 0 saturated heterocycles. The highest BCUT2D eigenvalue weighted by Gasteiger charge is 2.25. The van der Waals surface area contributed by atoms with E-state index < -0.39 is 11.6 Å². The highest BCUT2D eigenvalue weighted by molar-refractivity contribution is 6.00. The number of halogens is 2. The Balaban J connectivity index is 2.11. The Morgan fingerprint density at radius 1 is 1.20 bits per heavy atom. The topological polar surface area (TPSA) is 68.7 Å². The average molecular weight is 343 g/mol. The van der Waals surface area contributed by atoms with Crippen molar-refractivity contribution >= 4 is 16.6 Å². The molecule has 128 valence electrons. The summed E-state index contributed by atoms with van der Waals surface area (Å²) < 4.78 is 28.1. The predicted molar refractivity (Wildman–Crippen MR) is 90.8 cm³/mol. The third kappa shape index (κ3) is 2.39. The van der Waals surface area contributed by atoms with Crippen LogP contribution in [0.2, 0.25) is 0 Å². The van der Waals surface area contributed by atoms with Crippen LogP contribution >= 0.6 is 0 Å². The Morgan fingerprint density at radius 3 is 2.76 bits per heavy atom. The fraction of sp³-hybridized carbons (Fsp3) is 0.222. The van der Waals surface area contributed by atoms with Gasteiger partial charge in [0.05, 0.1) is 5.52 Å². The van der Waals surface area contributed by atoms with Gasteiger partial charge in [0.25, 0.3) is 0 Å². The van der Waals surface area contributed by atoms with Gasteiger partial charge in [0, 0.05) is 24.0 Å². The zero-order valence-corrected chi connectivity index (χ0v) is 13.4. The number of likely N-dealkylation sites (N-methyl/N-ethyl adjacent to an activating group) is 1. The lowest BCUT2D eigenvalue weighted by Crippen LogP contribution is -2.27. The van der Waals surface area contributed by atoms with Crippen LogP contribution in [0.4, 0.5) is 14.5 Å².